The Morgan fingerprint density at radius 1 is 1.30 bits per heavy atom. The fourth-order valence-electron chi connectivity index (χ4n) is 2.97. The summed E-state index contributed by atoms with van der Waals surface area (Å²) in [5, 5.41) is 2.61. The molecule has 1 fully saturated rings. The molecule has 3 rings (SSSR count). The van der Waals surface area contributed by atoms with Crippen LogP contribution < -0.4 is 5.32 Å². The number of nitrogens with zero attached hydrogens (tertiary/aromatic N) is 3. The van der Waals surface area contributed by atoms with Crippen molar-refractivity contribution < 1.29 is 22.0 Å². The number of halogens is 2. The molecule has 0 saturated carbocycles. The van der Waals surface area contributed by atoms with Gasteiger partial charge in [-0.1, -0.05) is 0 Å². The fourth-order valence-corrected chi connectivity index (χ4v) is 4.70. The van der Waals surface area contributed by atoms with E-state index < -0.39 is 21.5 Å². The van der Waals surface area contributed by atoms with Crippen LogP contribution in [0.4, 0.5) is 20.4 Å². The first-order chi connectivity index (χ1) is 12.8. The highest BCUT2D eigenvalue weighted by Crippen LogP contribution is 2.21. The molecule has 1 saturated heterocycles. The summed E-state index contributed by atoms with van der Waals surface area (Å²) in [6.07, 6.45) is 2.97. The van der Waals surface area contributed by atoms with Gasteiger partial charge in [0.2, 0.25) is 5.95 Å². The van der Waals surface area contributed by atoms with E-state index in [0.29, 0.717) is 13.0 Å². The molecular formula is C17H18F2N4O3S. The number of rotatable bonds is 5. The number of nitrogens with one attached hydrogen (secondary N) is 1. The van der Waals surface area contributed by atoms with Crippen LogP contribution in [-0.4, -0.2) is 53.3 Å². The molecule has 7 nitrogen and oxygen atoms in total. The molecule has 27 heavy (non-hydrogen) atoms. The summed E-state index contributed by atoms with van der Waals surface area (Å²) >= 11 is 0. The van der Waals surface area contributed by atoms with Crippen LogP contribution in [0.15, 0.2) is 30.6 Å². The van der Waals surface area contributed by atoms with Gasteiger partial charge in [-0.05, 0) is 25.5 Å². The summed E-state index contributed by atoms with van der Waals surface area (Å²) in [6.45, 7) is 2.14. The van der Waals surface area contributed by atoms with Gasteiger partial charge < -0.3 is 10.2 Å². The topological polar surface area (TPSA) is 92.3 Å². The molecule has 144 valence electrons. The SMILES string of the molecule is CCN(C(=O)c1cnc(Nc2ccc(F)cc2F)nc1)C1CCS(=O)(=O)C1. The number of benzene rings is 1. The van der Waals surface area contributed by atoms with Crippen LogP contribution in [0.5, 0.6) is 0 Å². The lowest BCUT2D eigenvalue weighted by atomic mass is 10.2. The van der Waals surface area contributed by atoms with E-state index in [4.69, 9.17) is 0 Å². The average Bonchev–Trinajstić information content (AvgIpc) is 2.98. The molecule has 10 heteroatoms. The van der Waals surface area contributed by atoms with Crippen molar-refractivity contribution in [3.63, 3.8) is 0 Å². The van der Waals surface area contributed by atoms with Crippen LogP contribution >= 0.6 is 0 Å². The molecule has 0 spiro atoms. The first-order valence-electron chi connectivity index (χ1n) is 8.34. The highest BCUT2D eigenvalue weighted by atomic mass is 32.2. The lowest BCUT2D eigenvalue weighted by Gasteiger charge is -2.26. The van der Waals surface area contributed by atoms with Gasteiger partial charge in [-0.3, -0.25) is 4.79 Å². The van der Waals surface area contributed by atoms with Crippen molar-refractivity contribution in [2.45, 2.75) is 19.4 Å². The summed E-state index contributed by atoms with van der Waals surface area (Å²) in [4.78, 5) is 22.1. The van der Waals surface area contributed by atoms with Crippen LogP contribution in [0.2, 0.25) is 0 Å². The molecule has 1 amide bonds. The van der Waals surface area contributed by atoms with E-state index in [1.807, 2.05) is 0 Å². The van der Waals surface area contributed by atoms with Crippen molar-refractivity contribution in [3.8, 4) is 0 Å². The number of amides is 1. The number of aromatic nitrogens is 2. The zero-order valence-corrected chi connectivity index (χ0v) is 15.3. The second-order valence-corrected chi connectivity index (χ2v) is 8.42. The van der Waals surface area contributed by atoms with E-state index in [9.17, 15) is 22.0 Å². The molecule has 0 radical (unpaired) electrons. The van der Waals surface area contributed by atoms with Crippen molar-refractivity contribution in [3.05, 3.63) is 47.8 Å². The standard InChI is InChI=1S/C17H18F2N4O3S/c1-2-23(13-5-6-27(25,26)10-13)16(24)11-8-20-17(21-9-11)22-15-4-3-12(18)7-14(15)19/h3-4,7-9,13H,2,5-6,10H2,1H3,(H,20,21,22). The lowest BCUT2D eigenvalue weighted by Crippen LogP contribution is -2.41. The Hall–Kier alpha value is -2.62. The summed E-state index contributed by atoms with van der Waals surface area (Å²) in [6, 6.07) is 2.68. The molecule has 2 heterocycles. The Morgan fingerprint density at radius 2 is 2.00 bits per heavy atom. The van der Waals surface area contributed by atoms with Gasteiger partial charge in [0.1, 0.15) is 11.6 Å². The molecule has 1 unspecified atom stereocenters. The number of carbonyl (C=O) groups excluding carboxylic acids is 1. The summed E-state index contributed by atoms with van der Waals surface area (Å²) in [5.41, 5.74) is 0.202. The van der Waals surface area contributed by atoms with Gasteiger partial charge in [0.15, 0.2) is 9.84 Å². The highest BCUT2D eigenvalue weighted by Gasteiger charge is 2.34. The number of carbonyl (C=O) groups is 1. The van der Waals surface area contributed by atoms with E-state index >= 15 is 0 Å². The molecule has 1 atom stereocenters. The summed E-state index contributed by atoms with van der Waals surface area (Å²) in [7, 11) is -3.11. The zero-order chi connectivity index (χ0) is 19.6. The van der Waals surface area contributed by atoms with Crippen molar-refractivity contribution >= 4 is 27.4 Å². The molecule has 0 bridgehead atoms. The first kappa shape index (κ1) is 19.2. The normalized spacial score (nSPS) is 18.3. The van der Waals surface area contributed by atoms with Crippen LogP contribution in [-0.2, 0) is 9.84 Å². The van der Waals surface area contributed by atoms with Crippen molar-refractivity contribution in [1.82, 2.24) is 14.9 Å². The van der Waals surface area contributed by atoms with Crippen molar-refractivity contribution in [2.75, 3.05) is 23.4 Å². The van der Waals surface area contributed by atoms with E-state index in [-0.39, 0.29) is 40.7 Å². The molecular weight excluding hydrogens is 378 g/mol. The predicted octanol–water partition coefficient (Wildman–Crippen LogP) is 2.15. The van der Waals surface area contributed by atoms with Crippen molar-refractivity contribution in [1.29, 1.82) is 0 Å². The second kappa shape index (κ2) is 7.55. The van der Waals surface area contributed by atoms with E-state index in [1.54, 1.807) is 6.92 Å². The molecule has 1 aromatic heterocycles. The minimum absolute atomic E-state index is 0.00169. The number of sulfone groups is 1. The van der Waals surface area contributed by atoms with Gasteiger partial charge in [0, 0.05) is 31.0 Å². The molecule has 1 aromatic carbocycles. The quantitative estimate of drug-likeness (QED) is 0.833. The smallest absolute Gasteiger partial charge is 0.257 e. The Balaban J connectivity index is 1.73. The second-order valence-electron chi connectivity index (χ2n) is 6.19. The van der Waals surface area contributed by atoms with Gasteiger partial charge in [0.05, 0.1) is 22.8 Å². The molecule has 0 aliphatic carbocycles. The Kier molecular flexibility index (Phi) is 5.36. The number of anilines is 2. The van der Waals surface area contributed by atoms with E-state index in [1.165, 1.54) is 23.4 Å². The number of hydrogen-bond acceptors (Lipinski definition) is 6. The third-order valence-corrected chi connectivity index (χ3v) is 6.08. The number of hydrogen-bond donors (Lipinski definition) is 1. The lowest BCUT2D eigenvalue weighted by molar-refractivity contribution is 0.0707. The third kappa shape index (κ3) is 4.38. The van der Waals surface area contributed by atoms with E-state index in [0.717, 1.165) is 12.1 Å². The Morgan fingerprint density at radius 3 is 2.56 bits per heavy atom. The molecule has 1 aliphatic heterocycles. The Labute approximate surface area is 155 Å². The maximum absolute atomic E-state index is 13.7. The maximum atomic E-state index is 13.7. The Bertz CT molecular complexity index is 951. The van der Waals surface area contributed by atoms with Gasteiger partial charge in [0.25, 0.3) is 5.91 Å². The third-order valence-electron chi connectivity index (χ3n) is 4.33. The average molecular weight is 396 g/mol. The minimum atomic E-state index is -3.11. The minimum Gasteiger partial charge on any atom is -0.335 e. The summed E-state index contributed by atoms with van der Waals surface area (Å²) < 4.78 is 49.9. The molecule has 1 N–H and O–H groups in total. The van der Waals surface area contributed by atoms with Gasteiger partial charge in [-0.25, -0.2) is 27.2 Å². The largest absolute Gasteiger partial charge is 0.335 e. The maximum Gasteiger partial charge on any atom is 0.257 e. The highest BCUT2D eigenvalue weighted by molar-refractivity contribution is 7.91. The summed E-state index contributed by atoms with van der Waals surface area (Å²) in [5.74, 6) is -1.78. The molecule has 2 aromatic rings. The van der Waals surface area contributed by atoms with E-state index in [2.05, 4.69) is 15.3 Å². The molecule has 1 aliphatic rings. The zero-order valence-electron chi connectivity index (χ0n) is 14.5. The van der Waals surface area contributed by atoms with Gasteiger partial charge in [-0.2, -0.15) is 0 Å². The fraction of sp³-hybridized carbons (Fsp3) is 0.353. The van der Waals surface area contributed by atoms with Gasteiger partial charge in [-0.15, -0.1) is 0 Å². The van der Waals surface area contributed by atoms with Crippen molar-refractivity contribution in [2.24, 2.45) is 0 Å². The van der Waals surface area contributed by atoms with Crippen LogP contribution in [0.1, 0.15) is 23.7 Å². The first-order valence-corrected chi connectivity index (χ1v) is 10.2. The van der Waals surface area contributed by atoms with Gasteiger partial charge >= 0.3 is 0 Å². The van der Waals surface area contributed by atoms with Crippen LogP contribution in [0, 0.1) is 11.6 Å². The monoisotopic (exact) mass is 396 g/mol. The van der Waals surface area contributed by atoms with Crippen LogP contribution in [0.25, 0.3) is 0 Å². The predicted molar refractivity (Wildman–Crippen MR) is 95.4 cm³/mol. The van der Waals surface area contributed by atoms with Crippen LogP contribution in [0.3, 0.4) is 0 Å².